The van der Waals surface area contributed by atoms with Gasteiger partial charge in [0.15, 0.2) is 9.84 Å². The van der Waals surface area contributed by atoms with Gasteiger partial charge < -0.3 is 9.84 Å². The molecule has 5 heteroatoms. The fourth-order valence-corrected chi connectivity index (χ4v) is 2.86. The lowest BCUT2D eigenvalue weighted by Crippen LogP contribution is -2.10. The first kappa shape index (κ1) is 16.5. The van der Waals surface area contributed by atoms with E-state index in [9.17, 15) is 13.5 Å². The van der Waals surface area contributed by atoms with Gasteiger partial charge in [-0.25, -0.2) is 8.42 Å². The summed E-state index contributed by atoms with van der Waals surface area (Å²) >= 11 is 0. The van der Waals surface area contributed by atoms with Gasteiger partial charge in [-0.15, -0.1) is 0 Å². The fraction of sp³-hybridized carbons (Fsp3) is 0.294. The predicted molar refractivity (Wildman–Crippen MR) is 85.9 cm³/mol. The first-order valence-corrected chi connectivity index (χ1v) is 8.84. The highest BCUT2D eigenvalue weighted by molar-refractivity contribution is 7.90. The molecule has 1 unspecified atom stereocenters. The van der Waals surface area contributed by atoms with Gasteiger partial charge in [-0.1, -0.05) is 18.2 Å². The molecule has 0 radical (unpaired) electrons. The Hall–Kier alpha value is -1.85. The molecule has 0 aliphatic rings. The van der Waals surface area contributed by atoms with Crippen molar-refractivity contribution in [2.24, 2.45) is 0 Å². The van der Waals surface area contributed by atoms with E-state index in [1.54, 1.807) is 12.1 Å². The Kier molecular flexibility index (Phi) is 4.88. The van der Waals surface area contributed by atoms with Crippen LogP contribution >= 0.6 is 0 Å². The lowest BCUT2D eigenvalue weighted by Gasteiger charge is -2.14. The number of aliphatic hydroxyl groups excluding tert-OH is 1. The molecule has 0 aliphatic carbocycles. The highest BCUT2D eigenvalue weighted by atomic mass is 32.2. The van der Waals surface area contributed by atoms with Crippen LogP contribution in [-0.4, -0.2) is 26.4 Å². The van der Waals surface area contributed by atoms with Crippen molar-refractivity contribution < 1.29 is 18.3 Å². The molecule has 0 amide bonds. The number of hydrogen-bond donors (Lipinski definition) is 1. The summed E-state index contributed by atoms with van der Waals surface area (Å²) in [7, 11) is -3.22. The van der Waals surface area contributed by atoms with Crippen molar-refractivity contribution in [2.45, 2.75) is 24.8 Å². The molecule has 0 aromatic heterocycles. The number of aliphatic hydroxyl groups is 1. The van der Waals surface area contributed by atoms with E-state index in [0.29, 0.717) is 11.3 Å². The summed E-state index contributed by atoms with van der Waals surface area (Å²) in [5, 5.41) is 10.1. The Bertz CT molecular complexity index is 728. The SMILES string of the molecule is Cc1cc(C)cc(OCC(O)c2ccc(S(C)(=O)=O)cc2)c1. The van der Waals surface area contributed by atoms with Crippen molar-refractivity contribution in [1.29, 1.82) is 0 Å². The monoisotopic (exact) mass is 320 g/mol. The van der Waals surface area contributed by atoms with Crippen LogP contribution in [0.25, 0.3) is 0 Å². The maximum Gasteiger partial charge on any atom is 0.175 e. The van der Waals surface area contributed by atoms with E-state index in [2.05, 4.69) is 0 Å². The Labute approximate surface area is 131 Å². The summed E-state index contributed by atoms with van der Waals surface area (Å²) in [5.41, 5.74) is 2.82. The first-order chi connectivity index (χ1) is 10.3. The van der Waals surface area contributed by atoms with Crippen LogP contribution in [0.15, 0.2) is 47.4 Å². The van der Waals surface area contributed by atoms with Crippen molar-refractivity contribution in [2.75, 3.05) is 12.9 Å². The van der Waals surface area contributed by atoms with Gasteiger partial charge in [-0.05, 0) is 54.8 Å². The molecule has 0 saturated carbocycles. The van der Waals surface area contributed by atoms with Gasteiger partial charge in [0.2, 0.25) is 0 Å². The van der Waals surface area contributed by atoms with E-state index >= 15 is 0 Å². The molecule has 2 rings (SSSR count). The van der Waals surface area contributed by atoms with Crippen LogP contribution in [0.5, 0.6) is 5.75 Å². The number of sulfone groups is 1. The third-order valence-corrected chi connectivity index (χ3v) is 4.42. The molecule has 0 fully saturated rings. The zero-order valence-corrected chi connectivity index (χ0v) is 13.7. The number of rotatable bonds is 5. The Morgan fingerprint density at radius 3 is 2.09 bits per heavy atom. The van der Waals surface area contributed by atoms with E-state index in [4.69, 9.17) is 4.74 Å². The third-order valence-electron chi connectivity index (χ3n) is 3.30. The lowest BCUT2D eigenvalue weighted by atomic mass is 10.1. The maximum atomic E-state index is 11.4. The number of benzene rings is 2. The Morgan fingerprint density at radius 2 is 1.59 bits per heavy atom. The number of hydrogen-bond acceptors (Lipinski definition) is 4. The molecule has 1 atom stereocenters. The van der Waals surface area contributed by atoms with Gasteiger partial charge in [0.1, 0.15) is 18.5 Å². The molecule has 2 aromatic carbocycles. The van der Waals surface area contributed by atoms with Crippen LogP contribution in [0.3, 0.4) is 0 Å². The van der Waals surface area contributed by atoms with Crippen LogP contribution in [0.2, 0.25) is 0 Å². The van der Waals surface area contributed by atoms with Crippen LogP contribution in [0.4, 0.5) is 0 Å². The topological polar surface area (TPSA) is 63.6 Å². The first-order valence-electron chi connectivity index (χ1n) is 6.95. The van der Waals surface area contributed by atoms with Crippen LogP contribution < -0.4 is 4.74 Å². The summed E-state index contributed by atoms with van der Waals surface area (Å²) in [5.74, 6) is 0.712. The fourth-order valence-electron chi connectivity index (χ4n) is 2.22. The predicted octanol–water partition coefficient (Wildman–Crippen LogP) is 2.82. The summed E-state index contributed by atoms with van der Waals surface area (Å²) in [4.78, 5) is 0.235. The standard InChI is InChI=1S/C17H20O4S/c1-12-8-13(2)10-15(9-12)21-11-17(18)14-4-6-16(7-5-14)22(3,19)20/h4-10,17-18H,11H2,1-3H3. The van der Waals surface area contributed by atoms with Crippen molar-refractivity contribution >= 4 is 9.84 Å². The summed E-state index contributed by atoms with van der Waals surface area (Å²) in [6.07, 6.45) is 0.344. The van der Waals surface area contributed by atoms with Gasteiger partial charge in [0, 0.05) is 6.26 Å². The molecule has 0 spiro atoms. The molecule has 0 bridgehead atoms. The second-order valence-corrected chi connectivity index (χ2v) is 7.51. The quantitative estimate of drug-likeness (QED) is 0.920. The molecular formula is C17H20O4S. The Balaban J connectivity index is 2.04. The van der Waals surface area contributed by atoms with Crippen molar-refractivity contribution in [3.63, 3.8) is 0 Å². The summed E-state index contributed by atoms with van der Waals surface area (Å²) < 4.78 is 28.4. The van der Waals surface area contributed by atoms with E-state index in [-0.39, 0.29) is 11.5 Å². The maximum absolute atomic E-state index is 11.4. The lowest BCUT2D eigenvalue weighted by molar-refractivity contribution is 0.108. The minimum absolute atomic E-state index is 0.112. The van der Waals surface area contributed by atoms with E-state index < -0.39 is 15.9 Å². The number of aryl methyl sites for hydroxylation is 2. The van der Waals surface area contributed by atoms with Crippen molar-refractivity contribution in [3.05, 3.63) is 59.2 Å². The highest BCUT2D eigenvalue weighted by Crippen LogP contribution is 2.20. The molecule has 0 saturated heterocycles. The van der Waals surface area contributed by atoms with Crippen LogP contribution in [0.1, 0.15) is 22.8 Å². The van der Waals surface area contributed by atoms with E-state index in [0.717, 1.165) is 17.4 Å². The van der Waals surface area contributed by atoms with E-state index in [1.807, 2.05) is 32.0 Å². The van der Waals surface area contributed by atoms with Gasteiger partial charge in [0.25, 0.3) is 0 Å². The average Bonchev–Trinajstić information content (AvgIpc) is 2.43. The summed E-state index contributed by atoms with van der Waals surface area (Å²) in [6.45, 7) is 4.08. The molecular weight excluding hydrogens is 300 g/mol. The summed E-state index contributed by atoms with van der Waals surface area (Å²) in [6, 6.07) is 12.1. The molecule has 118 valence electrons. The normalized spacial score (nSPS) is 12.9. The average molecular weight is 320 g/mol. The Morgan fingerprint density at radius 1 is 1.05 bits per heavy atom. The second kappa shape index (κ2) is 6.50. The minimum atomic E-state index is -3.22. The van der Waals surface area contributed by atoms with Crippen molar-refractivity contribution in [1.82, 2.24) is 0 Å². The van der Waals surface area contributed by atoms with Gasteiger partial charge in [-0.2, -0.15) is 0 Å². The van der Waals surface area contributed by atoms with Gasteiger partial charge in [0.05, 0.1) is 4.90 Å². The zero-order valence-electron chi connectivity index (χ0n) is 12.9. The van der Waals surface area contributed by atoms with Gasteiger partial charge in [-0.3, -0.25) is 0 Å². The molecule has 0 heterocycles. The molecule has 22 heavy (non-hydrogen) atoms. The second-order valence-electron chi connectivity index (χ2n) is 5.49. The largest absolute Gasteiger partial charge is 0.491 e. The zero-order chi connectivity index (χ0) is 16.3. The number of ether oxygens (including phenoxy) is 1. The molecule has 1 N–H and O–H groups in total. The highest BCUT2D eigenvalue weighted by Gasteiger charge is 2.11. The minimum Gasteiger partial charge on any atom is -0.491 e. The van der Waals surface area contributed by atoms with Crippen LogP contribution in [-0.2, 0) is 9.84 Å². The van der Waals surface area contributed by atoms with Crippen LogP contribution in [0, 0.1) is 13.8 Å². The molecule has 0 aliphatic heterocycles. The smallest absolute Gasteiger partial charge is 0.175 e. The van der Waals surface area contributed by atoms with Crippen molar-refractivity contribution in [3.8, 4) is 5.75 Å². The molecule has 4 nitrogen and oxygen atoms in total. The van der Waals surface area contributed by atoms with Gasteiger partial charge >= 0.3 is 0 Å². The van der Waals surface area contributed by atoms with E-state index in [1.165, 1.54) is 12.1 Å². The molecule has 2 aromatic rings. The third kappa shape index (κ3) is 4.32.